The fourth-order valence-corrected chi connectivity index (χ4v) is 12.0. The number of urea groups is 1. The van der Waals surface area contributed by atoms with E-state index >= 15 is 0 Å². The lowest BCUT2D eigenvalue weighted by Gasteiger charge is -2.44. The van der Waals surface area contributed by atoms with Crippen molar-refractivity contribution < 1.29 is 24.2 Å². The molecular weight excluding hydrogens is 709 g/mol. The van der Waals surface area contributed by atoms with Gasteiger partial charge in [-0.2, -0.15) is 0 Å². The number of rotatable bonds is 21. The number of unbranched alkanes of at least 4 members (excludes halogenated alkanes) is 2. The second kappa shape index (κ2) is 20.9. The highest BCUT2D eigenvalue weighted by atomic mass is 32.2. The lowest BCUT2D eigenvalue weighted by atomic mass is 9.60. The summed E-state index contributed by atoms with van der Waals surface area (Å²) in [5, 5.41) is 22.8. The molecule has 0 aromatic carbocycles. The summed E-state index contributed by atoms with van der Waals surface area (Å²) in [5.74, 6) is 2.34. The normalized spacial score (nSPS) is 31.2. The lowest BCUT2D eigenvalue weighted by molar-refractivity contribution is -0.122. The van der Waals surface area contributed by atoms with Crippen molar-refractivity contribution in [2.45, 2.75) is 184 Å². The Labute approximate surface area is 336 Å². The van der Waals surface area contributed by atoms with Crippen LogP contribution in [0.1, 0.15) is 156 Å². The standard InChI is InChI=1S/C45H74N4O5S/c1-31-18-21-35(29-34(31)20-19-33-14-11-25-45(5)37(22-23-38(33)45)32(2)13-10-24-44(3,4)53)54-28-12-27-47-40(50)16-7-6-8-26-46-41(51)17-9-15-36-30-39-42(55-36)49-43(52)48-39/h19-20,32,35-39,42,53H,1,6-18,21-30H2,2-5H3,(H,46,51)(H,47,50)(H2,48,49,52)/b33-19+,34-20-/t32-,35+,36?,37?,38?,39-,42+,45-/m1/s1. The van der Waals surface area contributed by atoms with Crippen molar-refractivity contribution in [2.75, 3.05) is 19.7 Å². The SMILES string of the molecule is C=C1CC[C@H](OCCCNC(=O)CCCCCNC(=O)CCCC2C[C@H]3NC(=O)N[C@H]3S2)C/C1=C/C=C1\CCC[C@@]2(C)C1CCC2[C@H](C)CCCC(C)(C)O. The van der Waals surface area contributed by atoms with Gasteiger partial charge in [0.2, 0.25) is 11.8 Å². The maximum absolute atomic E-state index is 12.4. The molecule has 5 fully saturated rings. The molecule has 0 spiro atoms. The first-order valence-electron chi connectivity index (χ1n) is 22.0. The number of hydrogen-bond donors (Lipinski definition) is 5. The van der Waals surface area contributed by atoms with E-state index in [0.717, 1.165) is 83.0 Å². The van der Waals surface area contributed by atoms with Gasteiger partial charge in [-0.25, -0.2) is 4.79 Å². The van der Waals surface area contributed by atoms with Crippen LogP contribution in [-0.4, -0.2) is 71.0 Å². The minimum Gasteiger partial charge on any atom is -0.390 e. The molecule has 9 nitrogen and oxygen atoms in total. The van der Waals surface area contributed by atoms with Gasteiger partial charge in [-0.1, -0.05) is 63.0 Å². The first-order chi connectivity index (χ1) is 26.3. The van der Waals surface area contributed by atoms with E-state index in [9.17, 15) is 19.5 Å². The maximum Gasteiger partial charge on any atom is 0.316 e. The minimum atomic E-state index is -0.565. The Bertz CT molecular complexity index is 1360. The van der Waals surface area contributed by atoms with Crippen LogP contribution in [0.15, 0.2) is 35.5 Å². The van der Waals surface area contributed by atoms with Gasteiger partial charge in [0.15, 0.2) is 0 Å². The van der Waals surface area contributed by atoms with E-state index < -0.39 is 5.60 Å². The molecule has 2 heterocycles. The molecule has 5 N–H and O–H groups in total. The monoisotopic (exact) mass is 783 g/mol. The van der Waals surface area contributed by atoms with Gasteiger partial charge in [-0.3, -0.25) is 9.59 Å². The third kappa shape index (κ3) is 13.4. The Balaban J connectivity index is 0.898. The predicted octanol–water partition coefficient (Wildman–Crippen LogP) is 8.62. The number of carbonyl (C=O) groups is 3. The number of aliphatic hydroxyl groups is 1. The highest BCUT2D eigenvalue weighted by molar-refractivity contribution is 8.00. The number of fused-ring (bicyclic) bond motifs is 2. The topological polar surface area (TPSA) is 129 Å². The summed E-state index contributed by atoms with van der Waals surface area (Å²) in [4.78, 5) is 36.0. The number of carbonyl (C=O) groups excluding carboxylic acids is 3. The van der Waals surface area contributed by atoms with Gasteiger partial charge in [-0.15, -0.1) is 11.8 Å². The maximum atomic E-state index is 12.4. The molecule has 0 bridgehead atoms. The Hall–Kier alpha value is -2.30. The van der Waals surface area contributed by atoms with Crippen LogP contribution in [0.5, 0.6) is 0 Å². The highest BCUT2D eigenvalue weighted by Gasteiger charge is 2.50. The summed E-state index contributed by atoms with van der Waals surface area (Å²) >= 11 is 1.81. The molecule has 2 aliphatic heterocycles. The third-order valence-corrected chi connectivity index (χ3v) is 15.0. The van der Waals surface area contributed by atoms with Crippen LogP contribution >= 0.6 is 11.8 Å². The second-order valence-corrected chi connectivity index (χ2v) is 19.9. The van der Waals surface area contributed by atoms with Crippen LogP contribution in [0, 0.1) is 23.2 Å². The van der Waals surface area contributed by atoms with E-state index in [-0.39, 0.29) is 35.4 Å². The largest absolute Gasteiger partial charge is 0.390 e. The van der Waals surface area contributed by atoms with Gasteiger partial charge < -0.3 is 31.1 Å². The zero-order chi connectivity index (χ0) is 39.4. The van der Waals surface area contributed by atoms with Crippen molar-refractivity contribution in [2.24, 2.45) is 23.2 Å². The number of nitrogens with one attached hydrogen (secondary N) is 4. The average Bonchev–Trinajstić information content (AvgIpc) is 3.79. The minimum absolute atomic E-state index is 0.0685. The molecule has 0 radical (unpaired) electrons. The van der Waals surface area contributed by atoms with Crippen LogP contribution in [0.4, 0.5) is 4.79 Å². The van der Waals surface area contributed by atoms with Gasteiger partial charge in [-0.05, 0) is 139 Å². The molecule has 8 atom stereocenters. The van der Waals surface area contributed by atoms with E-state index in [1.807, 2.05) is 25.6 Å². The molecule has 4 amide bonds. The molecule has 55 heavy (non-hydrogen) atoms. The number of ether oxygens (including phenoxy) is 1. The Morgan fingerprint density at radius 1 is 1.02 bits per heavy atom. The fourth-order valence-electron chi connectivity index (χ4n) is 10.4. The molecule has 0 aromatic heterocycles. The first-order valence-corrected chi connectivity index (χ1v) is 22.9. The second-order valence-electron chi connectivity index (χ2n) is 18.4. The van der Waals surface area contributed by atoms with E-state index in [1.165, 1.54) is 49.7 Å². The van der Waals surface area contributed by atoms with Gasteiger partial charge in [0, 0.05) is 37.8 Å². The van der Waals surface area contributed by atoms with E-state index in [0.29, 0.717) is 55.0 Å². The number of allylic oxidation sites excluding steroid dienone is 4. The van der Waals surface area contributed by atoms with E-state index in [2.05, 4.69) is 53.8 Å². The number of amides is 4. The highest BCUT2D eigenvalue weighted by Crippen LogP contribution is 2.60. The van der Waals surface area contributed by atoms with Gasteiger partial charge in [0.1, 0.15) is 0 Å². The van der Waals surface area contributed by atoms with Gasteiger partial charge >= 0.3 is 6.03 Å². The summed E-state index contributed by atoms with van der Waals surface area (Å²) in [6.07, 6.45) is 24.9. The van der Waals surface area contributed by atoms with Crippen molar-refractivity contribution in [3.63, 3.8) is 0 Å². The molecule has 2 saturated heterocycles. The van der Waals surface area contributed by atoms with Crippen LogP contribution in [0.2, 0.25) is 0 Å². The third-order valence-electron chi connectivity index (χ3n) is 13.5. The van der Waals surface area contributed by atoms with Crippen LogP contribution in [0.3, 0.4) is 0 Å². The summed E-state index contributed by atoms with van der Waals surface area (Å²) in [5.41, 5.74) is 4.06. The smallest absolute Gasteiger partial charge is 0.316 e. The summed E-state index contributed by atoms with van der Waals surface area (Å²) in [7, 11) is 0. The van der Waals surface area contributed by atoms with E-state index in [4.69, 9.17) is 4.74 Å². The molecule has 3 unspecified atom stereocenters. The predicted molar refractivity (Wildman–Crippen MR) is 225 cm³/mol. The molecule has 0 aromatic rings. The first kappa shape index (κ1) is 43.8. The van der Waals surface area contributed by atoms with Crippen LogP contribution in [0.25, 0.3) is 0 Å². The van der Waals surface area contributed by atoms with Gasteiger partial charge in [0.05, 0.1) is 23.1 Å². The van der Waals surface area contributed by atoms with Crippen LogP contribution < -0.4 is 21.3 Å². The van der Waals surface area contributed by atoms with Crippen molar-refractivity contribution in [1.29, 1.82) is 0 Å². The van der Waals surface area contributed by atoms with Crippen LogP contribution in [-0.2, 0) is 14.3 Å². The molecule has 5 aliphatic rings. The Kier molecular flexibility index (Phi) is 16.7. The van der Waals surface area contributed by atoms with Crippen molar-refractivity contribution >= 4 is 29.6 Å². The summed E-state index contributed by atoms with van der Waals surface area (Å²) in [6.45, 7) is 15.3. The Morgan fingerprint density at radius 2 is 1.78 bits per heavy atom. The molecular formula is C45H74N4O5S. The lowest BCUT2D eigenvalue weighted by Crippen LogP contribution is -2.36. The van der Waals surface area contributed by atoms with Crippen molar-refractivity contribution in [1.82, 2.24) is 21.3 Å². The van der Waals surface area contributed by atoms with Crippen molar-refractivity contribution in [3.8, 4) is 0 Å². The molecule has 3 saturated carbocycles. The molecule has 5 rings (SSSR count). The Morgan fingerprint density at radius 3 is 2.55 bits per heavy atom. The molecule has 3 aliphatic carbocycles. The quantitative estimate of drug-likeness (QED) is 0.0743. The van der Waals surface area contributed by atoms with Gasteiger partial charge in [0.25, 0.3) is 0 Å². The zero-order valence-electron chi connectivity index (χ0n) is 34.7. The fraction of sp³-hybridized carbons (Fsp3) is 0.800. The molecule has 10 heteroatoms. The average molecular weight is 783 g/mol. The van der Waals surface area contributed by atoms with E-state index in [1.54, 1.807) is 5.57 Å². The zero-order valence-corrected chi connectivity index (χ0v) is 35.5. The number of hydrogen-bond acceptors (Lipinski definition) is 6. The molecule has 310 valence electrons. The summed E-state index contributed by atoms with van der Waals surface area (Å²) < 4.78 is 6.31. The summed E-state index contributed by atoms with van der Waals surface area (Å²) in [6, 6.07) is 0.156. The van der Waals surface area contributed by atoms with Crippen molar-refractivity contribution in [3.05, 3.63) is 35.5 Å². The number of thioether (sulfide) groups is 1.